The van der Waals surface area contributed by atoms with Crippen LogP contribution in [0.2, 0.25) is 0 Å². The van der Waals surface area contributed by atoms with E-state index >= 15 is 0 Å². The Kier molecular flexibility index (Phi) is 6.92. The van der Waals surface area contributed by atoms with Gasteiger partial charge in [-0.05, 0) is 39.5 Å². The number of aliphatic hydroxyl groups is 1. The number of hydrogen-bond acceptors (Lipinski definition) is 6. The van der Waals surface area contributed by atoms with Gasteiger partial charge in [-0.25, -0.2) is 0 Å². The molecule has 6 atom stereocenters. The number of aliphatic hydroxyl groups excluding tert-OH is 1. The quantitative estimate of drug-likeness (QED) is 0.438. The van der Waals surface area contributed by atoms with Crippen molar-refractivity contribution >= 4 is 29.5 Å². The Balaban J connectivity index is 1.73. The fourth-order valence-corrected chi connectivity index (χ4v) is 8.73. The molecule has 8 heteroatoms. The molecular weight excluding hydrogens is 428 g/mol. The molecule has 4 rings (SSSR count). The minimum Gasteiger partial charge on any atom is -0.466 e. The third kappa shape index (κ3) is 3.58. The predicted molar refractivity (Wildman–Crippen MR) is 123 cm³/mol. The summed E-state index contributed by atoms with van der Waals surface area (Å²) in [4.78, 5) is 44.4. The molecular formula is C24H36N2O5S. The second-order valence-electron chi connectivity index (χ2n) is 9.66. The number of amides is 2. The molecule has 32 heavy (non-hydrogen) atoms. The molecule has 3 heterocycles. The van der Waals surface area contributed by atoms with E-state index in [0.717, 1.165) is 38.5 Å². The van der Waals surface area contributed by atoms with Crippen molar-refractivity contribution in [2.24, 2.45) is 11.8 Å². The first-order valence-electron chi connectivity index (χ1n) is 12.1. The number of hydrogen-bond donors (Lipinski definition) is 1. The van der Waals surface area contributed by atoms with E-state index in [9.17, 15) is 19.5 Å². The first kappa shape index (κ1) is 23.6. The summed E-state index contributed by atoms with van der Waals surface area (Å²) in [5, 5.41) is 9.97. The Morgan fingerprint density at radius 2 is 2.06 bits per heavy atom. The molecule has 3 saturated heterocycles. The van der Waals surface area contributed by atoms with Crippen LogP contribution < -0.4 is 0 Å². The Bertz CT molecular complexity index is 769. The van der Waals surface area contributed by atoms with Gasteiger partial charge in [-0.15, -0.1) is 18.3 Å². The Hall–Kier alpha value is -1.54. The normalized spacial score (nSPS) is 35.0. The Labute approximate surface area is 194 Å². The SMILES string of the molecule is C=CCN(C(=O)C1N([C@H](C)CO)C(=O)[C@@H]2[C@H](C(=O)OCC)[C@@H]3CCC12S3)C1CCCCC1. The fourth-order valence-electron chi connectivity index (χ4n) is 6.55. The van der Waals surface area contributed by atoms with E-state index in [0.29, 0.717) is 6.54 Å². The number of rotatable bonds is 8. The summed E-state index contributed by atoms with van der Waals surface area (Å²) in [7, 11) is 0. The van der Waals surface area contributed by atoms with Crippen molar-refractivity contribution in [1.29, 1.82) is 0 Å². The summed E-state index contributed by atoms with van der Waals surface area (Å²) < 4.78 is 4.72. The van der Waals surface area contributed by atoms with E-state index in [2.05, 4.69) is 6.58 Å². The topological polar surface area (TPSA) is 87.2 Å². The highest BCUT2D eigenvalue weighted by Gasteiger charge is 2.74. The van der Waals surface area contributed by atoms with Gasteiger partial charge in [-0.2, -0.15) is 0 Å². The van der Waals surface area contributed by atoms with Crippen LogP contribution in [-0.4, -0.2) is 80.6 Å². The lowest BCUT2D eigenvalue weighted by atomic mass is 9.71. The van der Waals surface area contributed by atoms with Crippen LogP contribution in [0, 0.1) is 11.8 Å². The molecule has 1 N–H and O–H groups in total. The third-order valence-electron chi connectivity index (χ3n) is 7.89. The van der Waals surface area contributed by atoms with Crippen molar-refractivity contribution in [1.82, 2.24) is 9.80 Å². The number of esters is 1. The minimum absolute atomic E-state index is 0.00687. The number of ether oxygens (including phenoxy) is 1. The van der Waals surface area contributed by atoms with Crippen LogP contribution in [0.3, 0.4) is 0 Å². The molecule has 0 aromatic carbocycles. The lowest BCUT2D eigenvalue weighted by Gasteiger charge is -2.42. The van der Waals surface area contributed by atoms with Gasteiger partial charge in [0, 0.05) is 17.8 Å². The lowest BCUT2D eigenvalue weighted by molar-refractivity contribution is -0.154. The van der Waals surface area contributed by atoms with E-state index in [1.807, 2.05) is 4.90 Å². The Morgan fingerprint density at radius 3 is 2.69 bits per heavy atom. The van der Waals surface area contributed by atoms with Crippen molar-refractivity contribution in [3.8, 4) is 0 Å². The van der Waals surface area contributed by atoms with Gasteiger partial charge in [0.15, 0.2) is 0 Å². The zero-order chi connectivity index (χ0) is 23.0. The summed E-state index contributed by atoms with van der Waals surface area (Å²) in [6.07, 6.45) is 8.61. The molecule has 178 valence electrons. The standard InChI is InChI=1S/C24H36N2O5S/c1-4-13-25(16-9-7-6-8-10-16)22(29)20-24-12-11-17(32-24)18(23(30)31-5-2)19(24)21(28)26(20)15(3)14-27/h4,15-20,27H,1,5-14H2,2-3H3/t15-,17+,18-,19+,20?,24?/m1/s1. The molecule has 0 radical (unpaired) electrons. The van der Waals surface area contributed by atoms with Crippen LogP contribution in [-0.2, 0) is 19.1 Å². The first-order valence-corrected chi connectivity index (χ1v) is 13.0. The summed E-state index contributed by atoms with van der Waals surface area (Å²) in [5.74, 6) is -1.64. The minimum atomic E-state index is -0.668. The smallest absolute Gasteiger partial charge is 0.310 e. The van der Waals surface area contributed by atoms with Gasteiger partial charge in [0.1, 0.15) is 6.04 Å². The molecule has 3 aliphatic heterocycles. The highest BCUT2D eigenvalue weighted by molar-refractivity contribution is 8.02. The maximum Gasteiger partial charge on any atom is 0.310 e. The summed E-state index contributed by atoms with van der Waals surface area (Å²) >= 11 is 1.65. The van der Waals surface area contributed by atoms with Crippen LogP contribution >= 0.6 is 11.8 Å². The maximum atomic E-state index is 14.2. The molecule has 1 saturated carbocycles. The van der Waals surface area contributed by atoms with Gasteiger partial charge >= 0.3 is 5.97 Å². The van der Waals surface area contributed by atoms with Gasteiger partial charge in [-0.1, -0.05) is 25.3 Å². The molecule has 2 amide bonds. The maximum absolute atomic E-state index is 14.2. The highest BCUT2D eigenvalue weighted by atomic mass is 32.2. The van der Waals surface area contributed by atoms with E-state index in [1.54, 1.807) is 36.6 Å². The van der Waals surface area contributed by atoms with E-state index in [4.69, 9.17) is 4.74 Å². The molecule has 4 fully saturated rings. The highest BCUT2D eigenvalue weighted by Crippen LogP contribution is 2.67. The average Bonchev–Trinajstić information content (AvgIpc) is 3.44. The monoisotopic (exact) mass is 464 g/mol. The van der Waals surface area contributed by atoms with Gasteiger partial charge in [-0.3, -0.25) is 14.4 Å². The number of thioether (sulfide) groups is 1. The largest absolute Gasteiger partial charge is 0.466 e. The fraction of sp³-hybridized carbons (Fsp3) is 0.792. The second-order valence-corrected chi connectivity index (χ2v) is 11.3. The molecule has 1 aliphatic carbocycles. The lowest BCUT2D eigenvalue weighted by Crippen LogP contribution is -2.58. The zero-order valence-corrected chi connectivity index (χ0v) is 20.0. The molecule has 1 spiro atoms. The van der Waals surface area contributed by atoms with Crippen LogP contribution in [0.4, 0.5) is 0 Å². The van der Waals surface area contributed by atoms with Crippen LogP contribution in [0.25, 0.3) is 0 Å². The predicted octanol–water partition coefficient (Wildman–Crippen LogP) is 2.37. The summed E-state index contributed by atoms with van der Waals surface area (Å²) in [5.41, 5.74) is 0. The van der Waals surface area contributed by atoms with Gasteiger partial charge < -0.3 is 19.6 Å². The number of carbonyl (C=O) groups excluding carboxylic acids is 3. The van der Waals surface area contributed by atoms with Crippen molar-refractivity contribution in [2.75, 3.05) is 19.8 Å². The summed E-state index contributed by atoms with van der Waals surface area (Å²) in [6.45, 7) is 7.93. The molecule has 0 aromatic heterocycles. The van der Waals surface area contributed by atoms with Crippen LogP contribution in [0.5, 0.6) is 0 Å². The number of nitrogens with zero attached hydrogens (tertiary/aromatic N) is 2. The van der Waals surface area contributed by atoms with Crippen molar-refractivity contribution in [3.63, 3.8) is 0 Å². The Morgan fingerprint density at radius 1 is 1.34 bits per heavy atom. The van der Waals surface area contributed by atoms with E-state index < -0.39 is 28.7 Å². The first-order chi connectivity index (χ1) is 15.4. The summed E-state index contributed by atoms with van der Waals surface area (Å²) in [6, 6.07) is -1.01. The zero-order valence-electron chi connectivity index (χ0n) is 19.2. The molecule has 4 aliphatic rings. The number of carbonyl (C=O) groups is 3. The van der Waals surface area contributed by atoms with Crippen molar-refractivity contribution in [3.05, 3.63) is 12.7 Å². The van der Waals surface area contributed by atoms with Crippen molar-refractivity contribution in [2.45, 2.75) is 86.9 Å². The van der Waals surface area contributed by atoms with E-state index in [1.165, 1.54) is 6.42 Å². The van der Waals surface area contributed by atoms with Gasteiger partial charge in [0.2, 0.25) is 11.8 Å². The van der Waals surface area contributed by atoms with Crippen LogP contribution in [0.15, 0.2) is 12.7 Å². The molecule has 7 nitrogen and oxygen atoms in total. The molecule has 0 aromatic rings. The number of likely N-dealkylation sites (tertiary alicyclic amines) is 1. The third-order valence-corrected chi connectivity index (χ3v) is 9.85. The second kappa shape index (κ2) is 9.37. The number of fused-ring (bicyclic) bond motifs is 1. The van der Waals surface area contributed by atoms with E-state index in [-0.39, 0.29) is 42.3 Å². The average molecular weight is 465 g/mol. The van der Waals surface area contributed by atoms with Crippen molar-refractivity contribution < 1.29 is 24.2 Å². The molecule has 2 bridgehead atoms. The molecule has 2 unspecified atom stereocenters. The van der Waals surface area contributed by atoms with Gasteiger partial charge in [0.25, 0.3) is 0 Å². The van der Waals surface area contributed by atoms with Gasteiger partial charge in [0.05, 0.1) is 35.8 Å². The van der Waals surface area contributed by atoms with Crippen LogP contribution in [0.1, 0.15) is 58.8 Å².